The number of carbonyl (C=O) groups is 1. The van der Waals surface area contributed by atoms with Crippen molar-refractivity contribution < 1.29 is 9.32 Å². The molecule has 0 saturated heterocycles. The summed E-state index contributed by atoms with van der Waals surface area (Å²) in [4.78, 5) is 21.3. The fraction of sp³-hybridized carbons (Fsp3) is 0.364. The predicted molar refractivity (Wildman–Crippen MR) is 116 cm³/mol. The minimum Gasteiger partial charge on any atom is -0.340 e. The number of nitrogens with one attached hydrogen (secondary N) is 2. The van der Waals surface area contributed by atoms with Gasteiger partial charge in [-0.2, -0.15) is 4.98 Å². The zero-order chi connectivity index (χ0) is 20.8. The molecular formula is C22H25N5O2S. The van der Waals surface area contributed by atoms with Gasteiger partial charge in [0.2, 0.25) is 11.8 Å². The van der Waals surface area contributed by atoms with Crippen LogP contribution in [0, 0.1) is 6.92 Å². The van der Waals surface area contributed by atoms with Crippen molar-refractivity contribution in [2.45, 2.75) is 48.9 Å². The first-order chi connectivity index (χ1) is 14.6. The molecule has 0 aliphatic heterocycles. The molecule has 1 amide bonds. The Morgan fingerprint density at radius 1 is 1.20 bits per heavy atom. The maximum Gasteiger partial charge on any atom is 0.238 e. The van der Waals surface area contributed by atoms with Gasteiger partial charge in [0.15, 0.2) is 5.82 Å². The quantitative estimate of drug-likeness (QED) is 0.528. The monoisotopic (exact) mass is 423 g/mol. The largest absolute Gasteiger partial charge is 0.340 e. The van der Waals surface area contributed by atoms with Crippen LogP contribution in [-0.2, 0) is 16.1 Å². The summed E-state index contributed by atoms with van der Waals surface area (Å²) in [6.45, 7) is 1.98. The van der Waals surface area contributed by atoms with Gasteiger partial charge in [-0.1, -0.05) is 36.2 Å². The average molecular weight is 424 g/mol. The molecule has 0 radical (unpaired) electrons. The Bertz CT molecular complexity index is 986. The summed E-state index contributed by atoms with van der Waals surface area (Å²) in [7, 11) is 0. The lowest BCUT2D eigenvalue weighted by Crippen LogP contribution is -2.44. The average Bonchev–Trinajstić information content (AvgIpc) is 3.42. The van der Waals surface area contributed by atoms with E-state index in [4.69, 9.17) is 4.52 Å². The van der Waals surface area contributed by atoms with E-state index in [9.17, 15) is 4.79 Å². The number of nitrogens with zero attached hydrogens (tertiary/aromatic N) is 3. The number of aromatic nitrogens is 3. The van der Waals surface area contributed by atoms with Crippen LogP contribution in [0.15, 0.2) is 58.2 Å². The highest BCUT2D eigenvalue weighted by Crippen LogP contribution is 2.37. The van der Waals surface area contributed by atoms with Crippen molar-refractivity contribution in [2.24, 2.45) is 0 Å². The third kappa shape index (κ3) is 5.06. The standard InChI is InChI=1S/C22H25N5O2S/c1-16-25-21(27-29-16)22(10-3-4-11-22)24-14-19(28)26-18-8-6-7-17(13-18)15-30-20-9-2-5-12-23-20/h2,5-9,12-13,24H,3-4,10-11,14-15H2,1H3,(H,26,28). The first-order valence-electron chi connectivity index (χ1n) is 10.1. The van der Waals surface area contributed by atoms with E-state index in [1.165, 1.54) is 0 Å². The molecule has 156 valence electrons. The number of hydrogen-bond donors (Lipinski definition) is 2. The Balaban J connectivity index is 1.33. The normalized spacial score (nSPS) is 15.2. The van der Waals surface area contributed by atoms with Crippen LogP contribution in [-0.4, -0.2) is 27.6 Å². The molecule has 0 bridgehead atoms. The molecule has 0 atom stereocenters. The molecular weight excluding hydrogens is 398 g/mol. The maximum atomic E-state index is 12.6. The molecule has 1 aliphatic carbocycles. The van der Waals surface area contributed by atoms with Crippen molar-refractivity contribution in [3.05, 3.63) is 65.9 Å². The minimum atomic E-state index is -0.379. The van der Waals surface area contributed by atoms with Gasteiger partial charge in [0.25, 0.3) is 0 Å². The fourth-order valence-electron chi connectivity index (χ4n) is 3.73. The molecule has 7 nitrogen and oxygen atoms in total. The van der Waals surface area contributed by atoms with E-state index in [0.717, 1.165) is 47.7 Å². The molecule has 1 saturated carbocycles. The number of aryl methyl sites for hydroxylation is 1. The summed E-state index contributed by atoms with van der Waals surface area (Å²) in [6.07, 6.45) is 5.76. The van der Waals surface area contributed by atoms with Gasteiger partial charge in [0.1, 0.15) is 0 Å². The molecule has 3 aromatic rings. The Kier molecular flexibility index (Phi) is 6.44. The topological polar surface area (TPSA) is 92.9 Å². The third-order valence-corrected chi connectivity index (χ3v) is 6.25. The van der Waals surface area contributed by atoms with Crippen LogP contribution < -0.4 is 10.6 Å². The summed E-state index contributed by atoms with van der Waals surface area (Å²) >= 11 is 1.67. The van der Waals surface area contributed by atoms with Crippen LogP contribution in [0.25, 0.3) is 0 Å². The third-order valence-electron chi connectivity index (χ3n) is 5.24. The van der Waals surface area contributed by atoms with E-state index in [-0.39, 0.29) is 18.0 Å². The van der Waals surface area contributed by atoms with E-state index in [2.05, 4.69) is 31.8 Å². The maximum absolute atomic E-state index is 12.6. The number of carbonyl (C=O) groups excluding carboxylic acids is 1. The summed E-state index contributed by atoms with van der Waals surface area (Å²) in [5.41, 5.74) is 1.54. The molecule has 2 aromatic heterocycles. The van der Waals surface area contributed by atoms with Crippen LogP contribution in [0.1, 0.15) is 43.0 Å². The van der Waals surface area contributed by atoms with Crippen molar-refractivity contribution >= 4 is 23.4 Å². The fourth-order valence-corrected chi connectivity index (χ4v) is 4.54. The van der Waals surface area contributed by atoms with E-state index < -0.39 is 0 Å². The molecule has 2 N–H and O–H groups in total. The van der Waals surface area contributed by atoms with Crippen molar-refractivity contribution in [3.63, 3.8) is 0 Å². The van der Waals surface area contributed by atoms with Gasteiger partial charge in [-0.25, -0.2) is 4.98 Å². The lowest BCUT2D eigenvalue weighted by Gasteiger charge is -2.26. The van der Waals surface area contributed by atoms with Crippen molar-refractivity contribution in [1.29, 1.82) is 0 Å². The molecule has 1 aromatic carbocycles. The van der Waals surface area contributed by atoms with E-state index in [1.807, 2.05) is 36.4 Å². The second kappa shape index (κ2) is 9.40. The van der Waals surface area contributed by atoms with E-state index >= 15 is 0 Å². The Morgan fingerprint density at radius 3 is 2.80 bits per heavy atom. The SMILES string of the molecule is Cc1nc(C2(NCC(=O)Nc3cccc(CSc4ccccn4)c3)CCCC2)no1. The van der Waals surface area contributed by atoms with Gasteiger partial charge in [0.05, 0.1) is 17.1 Å². The lowest BCUT2D eigenvalue weighted by molar-refractivity contribution is -0.115. The molecule has 1 aliphatic rings. The number of benzene rings is 1. The Hall–Kier alpha value is -2.71. The van der Waals surface area contributed by atoms with Crippen LogP contribution >= 0.6 is 11.8 Å². The van der Waals surface area contributed by atoms with Gasteiger partial charge >= 0.3 is 0 Å². The second-order valence-electron chi connectivity index (χ2n) is 7.48. The first kappa shape index (κ1) is 20.6. The molecule has 8 heteroatoms. The summed E-state index contributed by atoms with van der Waals surface area (Å²) in [6, 6.07) is 13.8. The smallest absolute Gasteiger partial charge is 0.238 e. The molecule has 1 fully saturated rings. The zero-order valence-electron chi connectivity index (χ0n) is 16.9. The van der Waals surface area contributed by atoms with E-state index in [0.29, 0.717) is 11.7 Å². The number of anilines is 1. The molecule has 0 unspecified atom stereocenters. The number of thioether (sulfide) groups is 1. The summed E-state index contributed by atoms with van der Waals surface area (Å²) in [5, 5.41) is 11.5. The first-order valence-corrected chi connectivity index (χ1v) is 11.1. The van der Waals surface area contributed by atoms with Crippen LogP contribution in [0.2, 0.25) is 0 Å². The van der Waals surface area contributed by atoms with Gasteiger partial charge in [0, 0.05) is 24.6 Å². The van der Waals surface area contributed by atoms with Crippen molar-refractivity contribution in [2.75, 3.05) is 11.9 Å². The zero-order valence-corrected chi connectivity index (χ0v) is 17.7. The molecule has 30 heavy (non-hydrogen) atoms. The number of rotatable bonds is 8. The van der Waals surface area contributed by atoms with Gasteiger partial charge < -0.3 is 9.84 Å². The summed E-state index contributed by atoms with van der Waals surface area (Å²) < 4.78 is 5.16. The molecule has 4 rings (SSSR count). The summed E-state index contributed by atoms with van der Waals surface area (Å²) in [5.74, 6) is 1.90. The van der Waals surface area contributed by atoms with Gasteiger partial charge in [-0.05, 0) is 42.7 Å². The number of pyridine rings is 1. The van der Waals surface area contributed by atoms with Crippen LogP contribution in [0.4, 0.5) is 5.69 Å². The number of hydrogen-bond acceptors (Lipinski definition) is 7. The highest BCUT2D eigenvalue weighted by atomic mass is 32.2. The highest BCUT2D eigenvalue weighted by Gasteiger charge is 2.39. The van der Waals surface area contributed by atoms with Crippen molar-refractivity contribution in [3.8, 4) is 0 Å². The molecule has 2 heterocycles. The van der Waals surface area contributed by atoms with E-state index in [1.54, 1.807) is 24.9 Å². The number of amides is 1. The highest BCUT2D eigenvalue weighted by molar-refractivity contribution is 7.98. The molecule has 0 spiro atoms. The Morgan fingerprint density at radius 2 is 2.07 bits per heavy atom. The van der Waals surface area contributed by atoms with Crippen molar-refractivity contribution in [1.82, 2.24) is 20.4 Å². The lowest BCUT2D eigenvalue weighted by atomic mass is 9.96. The minimum absolute atomic E-state index is 0.0870. The van der Waals surface area contributed by atoms with Gasteiger partial charge in [-0.15, -0.1) is 11.8 Å². The van der Waals surface area contributed by atoms with Crippen LogP contribution in [0.5, 0.6) is 0 Å². The van der Waals surface area contributed by atoms with Gasteiger partial charge in [-0.3, -0.25) is 10.1 Å². The Labute approximate surface area is 180 Å². The predicted octanol–water partition coefficient (Wildman–Crippen LogP) is 4.06. The second-order valence-corrected chi connectivity index (χ2v) is 8.48. The van der Waals surface area contributed by atoms with Crippen LogP contribution in [0.3, 0.4) is 0 Å².